The van der Waals surface area contributed by atoms with Crippen molar-refractivity contribution in [1.82, 2.24) is 0 Å². The fraction of sp³-hybridized carbons (Fsp3) is 0.545. The zero-order chi connectivity index (χ0) is 10.7. The number of hydrogen-bond donors (Lipinski definition) is 1. The van der Waals surface area contributed by atoms with E-state index in [1.54, 1.807) is 12.4 Å². The minimum absolute atomic E-state index is 0.675. The van der Waals surface area contributed by atoms with E-state index in [0.29, 0.717) is 5.92 Å². The molecule has 0 atom stereocenters. The Balaban J connectivity index is 1.98. The van der Waals surface area contributed by atoms with Crippen molar-refractivity contribution in [2.45, 2.75) is 12.8 Å². The van der Waals surface area contributed by atoms with Gasteiger partial charge in [-0.05, 0) is 25.3 Å². The first-order valence-corrected chi connectivity index (χ1v) is 5.43. The highest BCUT2D eigenvalue weighted by Crippen LogP contribution is 2.21. The molecule has 0 aromatic carbocycles. The van der Waals surface area contributed by atoms with Crippen LogP contribution in [0.2, 0.25) is 0 Å². The second-order valence-corrected chi connectivity index (χ2v) is 4.08. The molecule has 4 heteroatoms. The highest BCUT2D eigenvalue weighted by Gasteiger charge is 2.18. The molecule has 4 nitrogen and oxygen atoms in total. The molecular formula is C11H17N3O. The van der Waals surface area contributed by atoms with Gasteiger partial charge in [0.05, 0.1) is 0 Å². The molecule has 0 aliphatic carbocycles. The van der Waals surface area contributed by atoms with Crippen LogP contribution in [-0.4, -0.2) is 19.6 Å². The topological polar surface area (TPSA) is 56.2 Å². The van der Waals surface area contributed by atoms with Crippen molar-refractivity contribution in [2.24, 2.45) is 11.7 Å². The van der Waals surface area contributed by atoms with Gasteiger partial charge in [0, 0.05) is 30.9 Å². The van der Waals surface area contributed by atoms with Gasteiger partial charge in [0.25, 0.3) is 0 Å². The Kier molecular flexibility index (Phi) is 3.06. The molecule has 0 radical (unpaired) electrons. The summed E-state index contributed by atoms with van der Waals surface area (Å²) in [5, 5.41) is 10.9. The van der Waals surface area contributed by atoms with Crippen molar-refractivity contribution in [1.29, 1.82) is 0 Å². The third-order valence-electron chi connectivity index (χ3n) is 3.10. The summed E-state index contributed by atoms with van der Waals surface area (Å²) in [5.74, 6) is 0.675. The largest absolute Gasteiger partial charge is 0.619 e. The van der Waals surface area contributed by atoms with Crippen LogP contribution in [0.4, 0.5) is 5.69 Å². The predicted octanol–water partition coefficient (Wildman–Crippen LogP) is 0.495. The van der Waals surface area contributed by atoms with E-state index < -0.39 is 0 Å². The van der Waals surface area contributed by atoms with Crippen molar-refractivity contribution in [3.05, 3.63) is 29.7 Å². The highest BCUT2D eigenvalue weighted by atomic mass is 16.5. The fourth-order valence-corrected chi connectivity index (χ4v) is 2.04. The van der Waals surface area contributed by atoms with Crippen LogP contribution in [0.3, 0.4) is 0 Å². The lowest BCUT2D eigenvalue weighted by atomic mass is 9.97. The van der Waals surface area contributed by atoms with Gasteiger partial charge in [0.2, 0.25) is 0 Å². The summed E-state index contributed by atoms with van der Waals surface area (Å²) in [6, 6.07) is 3.74. The fourth-order valence-electron chi connectivity index (χ4n) is 2.04. The van der Waals surface area contributed by atoms with Crippen LogP contribution in [0.15, 0.2) is 24.5 Å². The van der Waals surface area contributed by atoms with Crippen LogP contribution in [-0.2, 0) is 0 Å². The van der Waals surface area contributed by atoms with Gasteiger partial charge in [-0.3, -0.25) is 0 Å². The van der Waals surface area contributed by atoms with Crippen LogP contribution in [0.25, 0.3) is 0 Å². The van der Waals surface area contributed by atoms with Gasteiger partial charge in [-0.15, -0.1) is 0 Å². The molecule has 1 aromatic heterocycles. The Bertz CT molecular complexity index is 304. The van der Waals surface area contributed by atoms with E-state index in [1.807, 2.05) is 12.1 Å². The van der Waals surface area contributed by atoms with E-state index >= 15 is 0 Å². The standard InChI is InChI=1S/C11H17N3O/c12-9-10-1-5-13(6-2-10)11-3-7-14(15)8-4-11/h3-4,7-8,10H,1-2,5-6,9,12H2. The number of pyridine rings is 1. The number of nitrogens with two attached hydrogens (primary N) is 1. The molecule has 1 aromatic rings. The lowest BCUT2D eigenvalue weighted by molar-refractivity contribution is -0.605. The summed E-state index contributed by atoms with van der Waals surface area (Å²) in [7, 11) is 0. The van der Waals surface area contributed by atoms with Gasteiger partial charge in [-0.1, -0.05) is 0 Å². The lowest BCUT2D eigenvalue weighted by Crippen LogP contribution is -2.36. The van der Waals surface area contributed by atoms with Gasteiger partial charge >= 0.3 is 0 Å². The van der Waals surface area contributed by atoms with Crippen LogP contribution in [0.5, 0.6) is 0 Å². The first kappa shape index (κ1) is 10.2. The van der Waals surface area contributed by atoms with Crippen LogP contribution in [0, 0.1) is 11.1 Å². The Morgan fingerprint density at radius 3 is 2.47 bits per heavy atom. The van der Waals surface area contributed by atoms with Crippen molar-refractivity contribution >= 4 is 5.69 Å². The molecule has 0 bridgehead atoms. The number of nitrogens with zero attached hydrogens (tertiary/aromatic N) is 2. The normalized spacial score (nSPS) is 18.1. The van der Waals surface area contributed by atoms with E-state index in [2.05, 4.69) is 4.90 Å². The lowest BCUT2D eigenvalue weighted by Gasteiger charge is -2.32. The Labute approximate surface area is 89.9 Å². The minimum Gasteiger partial charge on any atom is -0.619 e. The predicted molar refractivity (Wildman–Crippen MR) is 59.4 cm³/mol. The van der Waals surface area contributed by atoms with Crippen LogP contribution >= 0.6 is 0 Å². The van der Waals surface area contributed by atoms with E-state index in [-0.39, 0.29) is 0 Å². The summed E-state index contributed by atoms with van der Waals surface area (Å²) >= 11 is 0. The van der Waals surface area contributed by atoms with Crippen LogP contribution < -0.4 is 15.4 Å². The third kappa shape index (κ3) is 2.39. The number of hydrogen-bond acceptors (Lipinski definition) is 3. The van der Waals surface area contributed by atoms with E-state index in [0.717, 1.165) is 42.9 Å². The maximum atomic E-state index is 10.9. The number of aromatic nitrogens is 1. The van der Waals surface area contributed by atoms with Crippen molar-refractivity contribution in [3.63, 3.8) is 0 Å². The summed E-state index contributed by atoms with van der Waals surface area (Å²) in [5.41, 5.74) is 6.78. The van der Waals surface area contributed by atoms with Gasteiger partial charge in [-0.2, -0.15) is 4.73 Å². The smallest absolute Gasteiger partial charge is 0.182 e. The number of rotatable bonds is 2. The van der Waals surface area contributed by atoms with Crippen molar-refractivity contribution in [3.8, 4) is 0 Å². The summed E-state index contributed by atoms with van der Waals surface area (Å²) < 4.78 is 0.816. The van der Waals surface area contributed by atoms with Gasteiger partial charge in [0.15, 0.2) is 12.4 Å². The molecule has 1 saturated heterocycles. The monoisotopic (exact) mass is 207 g/mol. The first-order chi connectivity index (χ1) is 7.29. The van der Waals surface area contributed by atoms with Crippen LogP contribution in [0.1, 0.15) is 12.8 Å². The maximum Gasteiger partial charge on any atom is 0.182 e. The molecule has 1 fully saturated rings. The first-order valence-electron chi connectivity index (χ1n) is 5.43. The molecule has 82 valence electrons. The Hall–Kier alpha value is -1.29. The molecule has 0 unspecified atom stereocenters. The van der Waals surface area contributed by atoms with E-state index in [9.17, 15) is 5.21 Å². The molecule has 0 spiro atoms. The second kappa shape index (κ2) is 4.49. The van der Waals surface area contributed by atoms with Gasteiger partial charge in [0.1, 0.15) is 0 Å². The third-order valence-corrected chi connectivity index (χ3v) is 3.10. The van der Waals surface area contributed by atoms with E-state index in [4.69, 9.17) is 5.73 Å². The molecule has 0 saturated carbocycles. The molecule has 2 N–H and O–H groups in total. The Morgan fingerprint density at radius 1 is 1.33 bits per heavy atom. The summed E-state index contributed by atoms with van der Waals surface area (Å²) in [4.78, 5) is 2.31. The number of piperidine rings is 1. The van der Waals surface area contributed by atoms with Gasteiger partial charge in [-0.25, -0.2) is 0 Å². The van der Waals surface area contributed by atoms with Crippen molar-refractivity contribution < 1.29 is 4.73 Å². The Morgan fingerprint density at radius 2 is 1.93 bits per heavy atom. The molecule has 2 rings (SSSR count). The quantitative estimate of drug-likeness (QED) is 0.567. The molecule has 0 amide bonds. The minimum atomic E-state index is 0.675. The summed E-state index contributed by atoms with van der Waals surface area (Å²) in [6.45, 7) is 2.89. The van der Waals surface area contributed by atoms with Crippen molar-refractivity contribution in [2.75, 3.05) is 24.5 Å². The van der Waals surface area contributed by atoms with E-state index in [1.165, 1.54) is 0 Å². The SMILES string of the molecule is NCC1CCN(c2cc[n+]([O-])cc2)CC1. The molecule has 15 heavy (non-hydrogen) atoms. The summed E-state index contributed by atoms with van der Waals surface area (Å²) in [6.07, 6.45) is 5.40. The molecule has 1 aliphatic rings. The average Bonchev–Trinajstić information content (AvgIpc) is 2.30. The number of anilines is 1. The zero-order valence-corrected chi connectivity index (χ0v) is 8.80. The zero-order valence-electron chi connectivity index (χ0n) is 8.80. The van der Waals surface area contributed by atoms with Gasteiger partial charge < -0.3 is 15.8 Å². The second-order valence-electron chi connectivity index (χ2n) is 4.08. The molecular weight excluding hydrogens is 190 g/mol. The average molecular weight is 207 g/mol. The maximum absolute atomic E-state index is 10.9. The molecule has 1 aliphatic heterocycles. The molecule has 2 heterocycles. The highest BCUT2D eigenvalue weighted by molar-refractivity contribution is 5.44.